The van der Waals surface area contributed by atoms with Crippen molar-refractivity contribution in [1.29, 1.82) is 0 Å². The van der Waals surface area contributed by atoms with Crippen LogP contribution in [0.5, 0.6) is 0 Å². The van der Waals surface area contributed by atoms with Crippen molar-refractivity contribution in [1.82, 2.24) is 4.90 Å². The second-order valence-corrected chi connectivity index (χ2v) is 4.05. The number of carbonyl (C=O) groups excluding carboxylic acids is 2. The zero-order valence-electron chi connectivity index (χ0n) is 9.19. The van der Waals surface area contributed by atoms with Gasteiger partial charge in [0.05, 0.1) is 6.42 Å². The minimum atomic E-state index is -0.0856. The molecule has 1 amide bonds. The van der Waals surface area contributed by atoms with E-state index in [-0.39, 0.29) is 18.1 Å². The first-order valence-electron chi connectivity index (χ1n) is 5.63. The third-order valence-corrected chi connectivity index (χ3v) is 2.87. The molecule has 0 unspecified atom stereocenters. The Morgan fingerprint density at radius 2 is 1.69 bits per heavy atom. The minimum absolute atomic E-state index is 0.00398. The van der Waals surface area contributed by atoms with Crippen molar-refractivity contribution in [2.75, 3.05) is 13.1 Å². The van der Waals surface area contributed by atoms with E-state index in [0.29, 0.717) is 5.56 Å². The van der Waals surface area contributed by atoms with E-state index in [4.69, 9.17) is 0 Å². The zero-order chi connectivity index (χ0) is 11.4. The van der Waals surface area contributed by atoms with Crippen LogP contribution < -0.4 is 0 Å². The normalized spacial score (nSPS) is 15.1. The van der Waals surface area contributed by atoms with Crippen molar-refractivity contribution in [2.45, 2.75) is 19.3 Å². The van der Waals surface area contributed by atoms with E-state index < -0.39 is 0 Å². The monoisotopic (exact) mass is 217 g/mol. The Labute approximate surface area is 95.1 Å². The number of Topliss-reactive ketones (excluding diaryl/α,β-unsaturated/α-hetero) is 1. The summed E-state index contributed by atoms with van der Waals surface area (Å²) in [6, 6.07) is 8.99. The standard InChI is InChI=1S/C13H15NO2/c15-12(11-6-2-1-3-7-11)10-13(16)14-8-4-5-9-14/h1-3,6-7H,4-5,8-10H2. The number of likely N-dealkylation sites (tertiary alicyclic amines) is 1. The van der Waals surface area contributed by atoms with Crippen molar-refractivity contribution in [3.8, 4) is 0 Å². The molecule has 1 aliphatic heterocycles. The molecule has 1 aromatic rings. The lowest BCUT2D eigenvalue weighted by molar-refractivity contribution is -0.129. The van der Waals surface area contributed by atoms with Gasteiger partial charge in [-0.2, -0.15) is 0 Å². The molecule has 1 aliphatic rings. The van der Waals surface area contributed by atoms with Gasteiger partial charge in [0, 0.05) is 18.7 Å². The summed E-state index contributed by atoms with van der Waals surface area (Å²) in [7, 11) is 0. The lowest BCUT2D eigenvalue weighted by atomic mass is 10.1. The molecule has 0 spiro atoms. The van der Waals surface area contributed by atoms with Crippen molar-refractivity contribution in [3.05, 3.63) is 35.9 Å². The Bertz CT molecular complexity index is 380. The third kappa shape index (κ3) is 2.48. The van der Waals surface area contributed by atoms with Gasteiger partial charge in [0.1, 0.15) is 0 Å². The summed E-state index contributed by atoms with van der Waals surface area (Å²) in [6.07, 6.45) is 2.13. The van der Waals surface area contributed by atoms with Gasteiger partial charge in [-0.1, -0.05) is 30.3 Å². The Morgan fingerprint density at radius 3 is 2.31 bits per heavy atom. The maximum atomic E-state index is 11.8. The van der Waals surface area contributed by atoms with Crippen molar-refractivity contribution < 1.29 is 9.59 Å². The van der Waals surface area contributed by atoms with Gasteiger partial charge in [-0.25, -0.2) is 0 Å². The molecule has 2 rings (SSSR count). The largest absolute Gasteiger partial charge is 0.342 e. The summed E-state index contributed by atoms with van der Waals surface area (Å²) in [6.45, 7) is 1.61. The molecule has 0 radical (unpaired) electrons. The Balaban J connectivity index is 1.94. The van der Waals surface area contributed by atoms with Crippen molar-refractivity contribution in [2.24, 2.45) is 0 Å². The SMILES string of the molecule is O=C(CC(=O)N1CCCC1)c1ccccc1. The molecule has 16 heavy (non-hydrogen) atoms. The van der Waals surface area contributed by atoms with Gasteiger partial charge in [-0.3, -0.25) is 9.59 Å². The van der Waals surface area contributed by atoms with E-state index in [1.165, 1.54) is 0 Å². The summed E-state index contributed by atoms with van der Waals surface area (Å²) < 4.78 is 0. The smallest absolute Gasteiger partial charge is 0.230 e. The topological polar surface area (TPSA) is 37.4 Å². The minimum Gasteiger partial charge on any atom is -0.342 e. The summed E-state index contributed by atoms with van der Waals surface area (Å²) in [5, 5.41) is 0. The Morgan fingerprint density at radius 1 is 1.06 bits per heavy atom. The van der Waals surface area contributed by atoms with Crippen LogP contribution in [-0.2, 0) is 4.79 Å². The number of ketones is 1. The van der Waals surface area contributed by atoms with Gasteiger partial charge in [-0.05, 0) is 12.8 Å². The number of hydrogen-bond acceptors (Lipinski definition) is 2. The third-order valence-electron chi connectivity index (χ3n) is 2.87. The van der Waals surface area contributed by atoms with Gasteiger partial charge < -0.3 is 4.90 Å². The number of nitrogens with zero attached hydrogens (tertiary/aromatic N) is 1. The van der Waals surface area contributed by atoms with Crippen molar-refractivity contribution >= 4 is 11.7 Å². The number of rotatable bonds is 3. The molecule has 1 saturated heterocycles. The molecule has 1 heterocycles. The predicted molar refractivity (Wildman–Crippen MR) is 61.2 cm³/mol. The van der Waals surface area contributed by atoms with Crippen LogP contribution in [0.1, 0.15) is 29.6 Å². The summed E-state index contributed by atoms with van der Waals surface area (Å²) in [5.41, 5.74) is 0.620. The molecule has 1 aromatic carbocycles. The Hall–Kier alpha value is -1.64. The second-order valence-electron chi connectivity index (χ2n) is 4.05. The van der Waals surface area contributed by atoms with Crippen LogP contribution in [0.15, 0.2) is 30.3 Å². The van der Waals surface area contributed by atoms with E-state index >= 15 is 0 Å². The maximum Gasteiger partial charge on any atom is 0.230 e. The van der Waals surface area contributed by atoms with Crippen LogP contribution in [-0.4, -0.2) is 29.7 Å². The van der Waals surface area contributed by atoms with Crippen molar-refractivity contribution in [3.63, 3.8) is 0 Å². The average Bonchev–Trinajstić information content (AvgIpc) is 2.83. The highest BCUT2D eigenvalue weighted by molar-refractivity contribution is 6.07. The van der Waals surface area contributed by atoms with Gasteiger partial charge in [0.2, 0.25) is 5.91 Å². The first-order chi connectivity index (χ1) is 7.77. The summed E-state index contributed by atoms with van der Waals surface area (Å²) >= 11 is 0. The van der Waals surface area contributed by atoms with Crippen LogP contribution in [0.25, 0.3) is 0 Å². The molecular formula is C13H15NO2. The van der Waals surface area contributed by atoms with Crippen LogP contribution in [0, 0.1) is 0 Å². The maximum absolute atomic E-state index is 11.8. The molecule has 0 bridgehead atoms. The molecule has 0 N–H and O–H groups in total. The molecule has 0 aliphatic carbocycles. The van der Waals surface area contributed by atoms with E-state index in [1.807, 2.05) is 18.2 Å². The fourth-order valence-corrected chi connectivity index (χ4v) is 1.94. The van der Waals surface area contributed by atoms with E-state index in [0.717, 1.165) is 25.9 Å². The average molecular weight is 217 g/mol. The molecule has 84 valence electrons. The fourth-order valence-electron chi connectivity index (χ4n) is 1.94. The quantitative estimate of drug-likeness (QED) is 0.572. The number of hydrogen-bond donors (Lipinski definition) is 0. The highest BCUT2D eigenvalue weighted by atomic mass is 16.2. The molecule has 3 nitrogen and oxygen atoms in total. The fraction of sp³-hybridized carbons (Fsp3) is 0.385. The summed E-state index contributed by atoms with van der Waals surface area (Å²) in [5.74, 6) is -0.121. The number of benzene rings is 1. The molecule has 0 aromatic heterocycles. The van der Waals surface area contributed by atoms with Gasteiger partial charge in [0.15, 0.2) is 5.78 Å². The Kier molecular flexibility index (Phi) is 3.34. The number of amides is 1. The highest BCUT2D eigenvalue weighted by Gasteiger charge is 2.20. The van der Waals surface area contributed by atoms with Crippen LogP contribution in [0.4, 0.5) is 0 Å². The second kappa shape index (κ2) is 4.92. The first kappa shape index (κ1) is 10.9. The predicted octanol–water partition coefficient (Wildman–Crippen LogP) is 1.88. The first-order valence-corrected chi connectivity index (χ1v) is 5.63. The molecule has 0 saturated carbocycles. The van der Waals surface area contributed by atoms with Crippen LogP contribution >= 0.6 is 0 Å². The van der Waals surface area contributed by atoms with E-state index in [1.54, 1.807) is 17.0 Å². The lowest BCUT2D eigenvalue weighted by Crippen LogP contribution is -2.29. The van der Waals surface area contributed by atoms with Gasteiger partial charge in [-0.15, -0.1) is 0 Å². The lowest BCUT2D eigenvalue weighted by Gasteiger charge is -2.14. The van der Waals surface area contributed by atoms with Gasteiger partial charge >= 0.3 is 0 Å². The van der Waals surface area contributed by atoms with Gasteiger partial charge in [0.25, 0.3) is 0 Å². The molecule has 1 fully saturated rings. The number of carbonyl (C=O) groups is 2. The van der Waals surface area contributed by atoms with E-state index in [2.05, 4.69) is 0 Å². The zero-order valence-corrected chi connectivity index (χ0v) is 9.19. The molecular weight excluding hydrogens is 202 g/mol. The molecule has 0 atom stereocenters. The van der Waals surface area contributed by atoms with Crippen LogP contribution in [0.2, 0.25) is 0 Å². The summed E-state index contributed by atoms with van der Waals surface area (Å²) in [4.78, 5) is 25.3. The highest BCUT2D eigenvalue weighted by Crippen LogP contribution is 2.11. The van der Waals surface area contributed by atoms with Crippen LogP contribution in [0.3, 0.4) is 0 Å². The molecule has 3 heteroatoms. The van der Waals surface area contributed by atoms with E-state index in [9.17, 15) is 9.59 Å².